The SMILES string of the molecule is CN(CC1(O)CCCC1)C(=O)c1cc(Cl)nnc1Cl. The molecule has 0 radical (unpaired) electrons. The second kappa shape index (κ2) is 5.61. The molecule has 0 atom stereocenters. The number of hydrogen-bond acceptors (Lipinski definition) is 4. The molecule has 5 nitrogen and oxygen atoms in total. The maximum absolute atomic E-state index is 12.3. The number of hydrogen-bond donors (Lipinski definition) is 1. The molecule has 0 saturated heterocycles. The lowest BCUT2D eigenvalue weighted by Crippen LogP contribution is -2.42. The molecule has 0 unspecified atom stereocenters. The van der Waals surface area contributed by atoms with Gasteiger partial charge >= 0.3 is 0 Å². The molecule has 1 saturated carbocycles. The minimum absolute atomic E-state index is 0.0136. The van der Waals surface area contributed by atoms with E-state index in [0.29, 0.717) is 12.8 Å². The lowest BCUT2D eigenvalue weighted by molar-refractivity contribution is 0.0156. The molecule has 1 aromatic heterocycles. The summed E-state index contributed by atoms with van der Waals surface area (Å²) in [5.41, 5.74) is -0.591. The molecule has 1 amide bonds. The van der Waals surface area contributed by atoms with Crippen LogP contribution < -0.4 is 0 Å². The zero-order chi connectivity index (χ0) is 14.0. The van der Waals surface area contributed by atoms with Crippen molar-refractivity contribution in [3.8, 4) is 0 Å². The van der Waals surface area contributed by atoms with Crippen molar-refractivity contribution < 1.29 is 9.90 Å². The van der Waals surface area contributed by atoms with E-state index in [1.54, 1.807) is 7.05 Å². The summed E-state index contributed by atoms with van der Waals surface area (Å²) in [6.07, 6.45) is 3.41. The van der Waals surface area contributed by atoms with Crippen molar-refractivity contribution in [3.63, 3.8) is 0 Å². The van der Waals surface area contributed by atoms with Crippen molar-refractivity contribution in [2.75, 3.05) is 13.6 Å². The fourth-order valence-corrected chi connectivity index (χ4v) is 2.73. The van der Waals surface area contributed by atoms with E-state index < -0.39 is 5.60 Å². The Morgan fingerprint density at radius 2 is 2.05 bits per heavy atom. The largest absolute Gasteiger partial charge is 0.388 e. The quantitative estimate of drug-likeness (QED) is 0.929. The zero-order valence-corrected chi connectivity index (χ0v) is 12.1. The van der Waals surface area contributed by atoms with Crippen LogP contribution in [0.15, 0.2) is 6.07 Å². The molecule has 0 aromatic carbocycles. The first-order valence-electron chi connectivity index (χ1n) is 6.08. The lowest BCUT2D eigenvalue weighted by Gasteiger charge is -2.28. The predicted molar refractivity (Wildman–Crippen MR) is 72.4 cm³/mol. The van der Waals surface area contributed by atoms with E-state index in [1.807, 2.05) is 0 Å². The highest BCUT2D eigenvalue weighted by Gasteiger charge is 2.34. The molecular weight excluding hydrogens is 289 g/mol. The van der Waals surface area contributed by atoms with Crippen molar-refractivity contribution in [1.29, 1.82) is 0 Å². The second-order valence-corrected chi connectivity index (χ2v) is 5.71. The van der Waals surface area contributed by atoms with E-state index in [4.69, 9.17) is 23.2 Å². The summed E-state index contributed by atoms with van der Waals surface area (Å²) in [5.74, 6) is -0.317. The van der Waals surface area contributed by atoms with Gasteiger partial charge in [0.2, 0.25) is 0 Å². The smallest absolute Gasteiger partial charge is 0.257 e. The second-order valence-electron chi connectivity index (χ2n) is 4.96. The average Bonchev–Trinajstić information content (AvgIpc) is 2.78. The van der Waals surface area contributed by atoms with Gasteiger partial charge in [0.15, 0.2) is 10.3 Å². The van der Waals surface area contributed by atoms with Crippen molar-refractivity contribution in [2.24, 2.45) is 0 Å². The molecule has 2 rings (SSSR count). The molecule has 104 valence electrons. The third kappa shape index (κ3) is 3.35. The Hall–Kier alpha value is -0.910. The number of halogens is 2. The third-order valence-corrected chi connectivity index (χ3v) is 3.83. The van der Waals surface area contributed by atoms with Crippen LogP contribution in [0.3, 0.4) is 0 Å². The van der Waals surface area contributed by atoms with Gasteiger partial charge in [0.1, 0.15) is 0 Å². The summed E-state index contributed by atoms with van der Waals surface area (Å²) >= 11 is 11.6. The van der Waals surface area contributed by atoms with Gasteiger partial charge in [-0.05, 0) is 18.9 Å². The number of nitrogens with zero attached hydrogens (tertiary/aromatic N) is 3. The number of carbonyl (C=O) groups excluding carboxylic acids is 1. The Balaban J connectivity index is 2.12. The van der Waals surface area contributed by atoms with Crippen LogP contribution in [0.25, 0.3) is 0 Å². The molecule has 1 heterocycles. The van der Waals surface area contributed by atoms with E-state index in [2.05, 4.69) is 10.2 Å². The molecule has 1 fully saturated rings. The van der Waals surface area contributed by atoms with Gasteiger partial charge in [-0.1, -0.05) is 36.0 Å². The normalized spacial score (nSPS) is 17.5. The third-order valence-electron chi connectivity index (χ3n) is 3.36. The monoisotopic (exact) mass is 303 g/mol. The minimum Gasteiger partial charge on any atom is -0.388 e. The van der Waals surface area contributed by atoms with Gasteiger partial charge in [-0.25, -0.2) is 0 Å². The summed E-state index contributed by atoms with van der Waals surface area (Å²) < 4.78 is 0. The molecule has 0 spiro atoms. The van der Waals surface area contributed by atoms with Crippen molar-refractivity contribution in [2.45, 2.75) is 31.3 Å². The van der Waals surface area contributed by atoms with Gasteiger partial charge in [0.25, 0.3) is 5.91 Å². The molecule has 0 aliphatic heterocycles. The standard InChI is InChI=1S/C12H15Cl2N3O2/c1-17(7-12(19)4-2-3-5-12)11(18)8-6-9(13)15-16-10(8)14/h6,19H,2-5,7H2,1H3. The fraction of sp³-hybridized carbons (Fsp3) is 0.583. The topological polar surface area (TPSA) is 66.3 Å². The first-order valence-corrected chi connectivity index (χ1v) is 6.83. The van der Waals surface area contributed by atoms with Crippen LogP contribution in [-0.2, 0) is 0 Å². The van der Waals surface area contributed by atoms with E-state index in [-0.39, 0.29) is 28.3 Å². The summed E-state index contributed by atoms with van der Waals surface area (Å²) in [5, 5.41) is 17.6. The van der Waals surface area contributed by atoms with Crippen LogP contribution in [0.5, 0.6) is 0 Å². The number of likely N-dealkylation sites (N-methyl/N-ethyl adjacent to an activating group) is 1. The van der Waals surface area contributed by atoms with E-state index in [0.717, 1.165) is 12.8 Å². The number of aliphatic hydroxyl groups is 1. The molecule has 1 aromatic rings. The van der Waals surface area contributed by atoms with Gasteiger partial charge in [-0.2, -0.15) is 0 Å². The maximum atomic E-state index is 12.3. The van der Waals surface area contributed by atoms with E-state index >= 15 is 0 Å². The minimum atomic E-state index is -0.791. The van der Waals surface area contributed by atoms with Crippen LogP contribution in [0.1, 0.15) is 36.0 Å². The molecule has 1 aliphatic rings. The number of rotatable bonds is 3. The Morgan fingerprint density at radius 1 is 1.42 bits per heavy atom. The highest BCUT2D eigenvalue weighted by Crippen LogP contribution is 2.30. The van der Waals surface area contributed by atoms with Gasteiger partial charge in [0.05, 0.1) is 11.2 Å². The molecule has 0 bridgehead atoms. The van der Waals surface area contributed by atoms with E-state index in [9.17, 15) is 9.90 Å². The first-order chi connectivity index (χ1) is 8.91. The Kier molecular flexibility index (Phi) is 4.28. The van der Waals surface area contributed by atoms with Gasteiger partial charge in [0, 0.05) is 13.6 Å². The van der Waals surface area contributed by atoms with Crippen molar-refractivity contribution in [3.05, 3.63) is 21.9 Å². The van der Waals surface area contributed by atoms with Crippen LogP contribution >= 0.6 is 23.2 Å². The molecule has 1 aliphatic carbocycles. The predicted octanol–water partition coefficient (Wildman–Crippen LogP) is 2.16. The summed E-state index contributed by atoms with van der Waals surface area (Å²) in [7, 11) is 1.63. The van der Waals surface area contributed by atoms with Crippen molar-refractivity contribution >= 4 is 29.1 Å². The average molecular weight is 304 g/mol. The molecule has 7 heteroatoms. The summed E-state index contributed by atoms with van der Waals surface area (Å²) in [4.78, 5) is 13.7. The van der Waals surface area contributed by atoms with Crippen LogP contribution in [0.2, 0.25) is 10.3 Å². The Morgan fingerprint density at radius 3 is 2.68 bits per heavy atom. The zero-order valence-electron chi connectivity index (χ0n) is 10.6. The van der Waals surface area contributed by atoms with Crippen molar-refractivity contribution in [1.82, 2.24) is 15.1 Å². The highest BCUT2D eigenvalue weighted by molar-refractivity contribution is 6.34. The number of aromatic nitrogens is 2. The van der Waals surface area contributed by atoms with Gasteiger partial charge in [-0.15, -0.1) is 10.2 Å². The van der Waals surface area contributed by atoms with Crippen LogP contribution in [-0.4, -0.2) is 45.3 Å². The summed E-state index contributed by atoms with van der Waals surface area (Å²) in [6, 6.07) is 1.38. The maximum Gasteiger partial charge on any atom is 0.257 e. The fourth-order valence-electron chi connectivity index (χ4n) is 2.41. The first kappa shape index (κ1) is 14.5. The number of carbonyl (C=O) groups is 1. The van der Waals surface area contributed by atoms with E-state index in [1.165, 1.54) is 11.0 Å². The number of amides is 1. The summed E-state index contributed by atoms with van der Waals surface area (Å²) in [6.45, 7) is 0.280. The van der Waals surface area contributed by atoms with Gasteiger partial charge in [-0.3, -0.25) is 4.79 Å². The van der Waals surface area contributed by atoms with Gasteiger partial charge < -0.3 is 10.0 Å². The molecular formula is C12H15Cl2N3O2. The van der Waals surface area contributed by atoms with Crippen LogP contribution in [0.4, 0.5) is 0 Å². The Labute approximate surface area is 121 Å². The lowest BCUT2D eigenvalue weighted by atomic mass is 10.0. The Bertz CT molecular complexity index is 490. The highest BCUT2D eigenvalue weighted by atomic mass is 35.5. The van der Waals surface area contributed by atoms with Crippen LogP contribution in [0, 0.1) is 0 Å². The molecule has 1 N–H and O–H groups in total. The molecule has 19 heavy (non-hydrogen) atoms.